The number of ether oxygens (including phenoxy) is 1. The second-order valence-corrected chi connectivity index (χ2v) is 5.32. The molecule has 0 bridgehead atoms. The number of aromatic nitrogens is 1. The van der Waals surface area contributed by atoms with Gasteiger partial charge in [-0.15, -0.1) is 0 Å². The summed E-state index contributed by atoms with van der Waals surface area (Å²) in [6.45, 7) is 0. The maximum atomic E-state index is 12.1. The van der Waals surface area contributed by atoms with Crippen molar-refractivity contribution in [2.24, 2.45) is 0 Å². The highest BCUT2D eigenvalue weighted by Crippen LogP contribution is 2.39. The van der Waals surface area contributed by atoms with Crippen LogP contribution in [0.15, 0.2) is 30.3 Å². The van der Waals surface area contributed by atoms with Crippen LogP contribution in [-0.2, 0) is 20.7 Å². The smallest absolute Gasteiger partial charge is 0.329 e. The number of fused-ring (bicyclic) bond motifs is 5. The molecule has 0 fully saturated rings. The lowest BCUT2D eigenvalue weighted by Crippen LogP contribution is -2.46. The van der Waals surface area contributed by atoms with E-state index in [0.717, 1.165) is 27.9 Å². The zero-order valence-electron chi connectivity index (χ0n) is 11.6. The first kappa shape index (κ1) is 12.2. The van der Waals surface area contributed by atoms with Crippen molar-refractivity contribution in [1.82, 2.24) is 9.88 Å². The van der Waals surface area contributed by atoms with E-state index in [0.29, 0.717) is 12.8 Å². The van der Waals surface area contributed by atoms with E-state index in [2.05, 4.69) is 4.98 Å². The quantitative estimate of drug-likeness (QED) is 0.812. The van der Waals surface area contributed by atoms with Crippen LogP contribution in [-0.4, -0.2) is 34.9 Å². The van der Waals surface area contributed by atoms with Crippen LogP contribution in [0.2, 0.25) is 0 Å². The van der Waals surface area contributed by atoms with Gasteiger partial charge in [0.2, 0.25) is 5.91 Å². The largest absolute Gasteiger partial charge is 0.467 e. The Labute approximate surface area is 121 Å². The molecule has 1 N–H and O–H groups in total. The average Bonchev–Trinajstić information content (AvgIpc) is 3.07. The molecule has 4 rings (SSSR count). The molecule has 0 spiro atoms. The van der Waals surface area contributed by atoms with Gasteiger partial charge in [-0.05, 0) is 17.7 Å². The van der Waals surface area contributed by atoms with E-state index in [-0.39, 0.29) is 11.9 Å². The third-order valence-corrected chi connectivity index (χ3v) is 4.25. The van der Waals surface area contributed by atoms with E-state index in [9.17, 15) is 9.59 Å². The van der Waals surface area contributed by atoms with Gasteiger partial charge in [-0.1, -0.05) is 18.2 Å². The van der Waals surface area contributed by atoms with Crippen LogP contribution < -0.4 is 0 Å². The number of para-hydroxylation sites is 1. The third-order valence-electron chi connectivity index (χ3n) is 4.25. The van der Waals surface area contributed by atoms with E-state index in [1.165, 1.54) is 7.11 Å². The molecule has 5 nitrogen and oxygen atoms in total. The van der Waals surface area contributed by atoms with Crippen LogP contribution in [0.4, 0.5) is 0 Å². The summed E-state index contributed by atoms with van der Waals surface area (Å²) in [6.07, 6.45) is 2.69. The molecule has 5 heteroatoms. The second kappa shape index (κ2) is 4.22. The molecule has 1 aromatic heterocycles. The van der Waals surface area contributed by atoms with E-state index in [4.69, 9.17) is 4.74 Å². The number of carbonyl (C=O) groups excluding carboxylic acids is 2. The number of H-pyrrole nitrogens is 1. The van der Waals surface area contributed by atoms with E-state index in [1.807, 2.05) is 30.3 Å². The first-order valence-corrected chi connectivity index (χ1v) is 6.90. The number of methoxy groups -OCH3 is 1. The maximum Gasteiger partial charge on any atom is 0.329 e. The molecule has 2 aliphatic rings. The molecule has 0 saturated heterocycles. The third kappa shape index (κ3) is 1.57. The van der Waals surface area contributed by atoms with Gasteiger partial charge in [0.1, 0.15) is 6.04 Å². The Hall–Kier alpha value is -2.56. The lowest BCUT2D eigenvalue weighted by molar-refractivity contribution is -0.149. The molecule has 3 heterocycles. The number of aromatic amines is 1. The highest BCUT2D eigenvalue weighted by molar-refractivity contribution is 6.02. The maximum absolute atomic E-state index is 12.1. The SMILES string of the molecule is COC(=O)[C@@H]1Cc2c([nH]c3ccccc23)C2=CCC(=O)N21. The van der Waals surface area contributed by atoms with Gasteiger partial charge in [-0.2, -0.15) is 0 Å². The topological polar surface area (TPSA) is 62.4 Å². The summed E-state index contributed by atoms with van der Waals surface area (Å²) >= 11 is 0. The minimum Gasteiger partial charge on any atom is -0.467 e. The van der Waals surface area contributed by atoms with Crippen molar-refractivity contribution in [3.05, 3.63) is 41.6 Å². The van der Waals surface area contributed by atoms with Crippen molar-refractivity contribution in [1.29, 1.82) is 0 Å². The first-order valence-electron chi connectivity index (χ1n) is 6.90. The molecule has 21 heavy (non-hydrogen) atoms. The minimum absolute atomic E-state index is 0.0512. The fourth-order valence-electron chi connectivity index (χ4n) is 3.32. The summed E-state index contributed by atoms with van der Waals surface area (Å²) in [6, 6.07) is 7.41. The number of benzene rings is 1. The van der Waals surface area contributed by atoms with Gasteiger partial charge in [-0.25, -0.2) is 4.79 Å². The second-order valence-electron chi connectivity index (χ2n) is 5.32. The number of hydrogen-bond donors (Lipinski definition) is 1. The number of nitrogens with one attached hydrogen (secondary N) is 1. The number of carbonyl (C=O) groups is 2. The highest BCUT2D eigenvalue weighted by atomic mass is 16.5. The highest BCUT2D eigenvalue weighted by Gasteiger charge is 2.42. The fraction of sp³-hybridized carbons (Fsp3) is 0.250. The first-order chi connectivity index (χ1) is 10.2. The van der Waals surface area contributed by atoms with Crippen LogP contribution in [0.25, 0.3) is 16.6 Å². The number of nitrogens with zero attached hydrogens (tertiary/aromatic N) is 1. The fourth-order valence-corrected chi connectivity index (χ4v) is 3.32. The van der Waals surface area contributed by atoms with E-state index in [1.54, 1.807) is 4.90 Å². The Morgan fingerprint density at radius 1 is 1.38 bits per heavy atom. The summed E-state index contributed by atoms with van der Waals surface area (Å²) in [5.41, 5.74) is 3.85. The molecule has 2 aromatic rings. The molecule has 1 atom stereocenters. The Balaban J connectivity index is 1.94. The predicted octanol–water partition coefficient (Wildman–Crippen LogP) is 1.84. The molecular weight excluding hydrogens is 268 g/mol. The van der Waals surface area contributed by atoms with Crippen LogP contribution in [0.5, 0.6) is 0 Å². The molecule has 0 radical (unpaired) electrons. The van der Waals surface area contributed by atoms with Crippen LogP contribution in [0.3, 0.4) is 0 Å². The van der Waals surface area contributed by atoms with Crippen molar-refractivity contribution >= 4 is 28.5 Å². The molecule has 0 aliphatic carbocycles. The zero-order valence-corrected chi connectivity index (χ0v) is 11.6. The number of esters is 1. The van der Waals surface area contributed by atoms with Crippen LogP contribution >= 0.6 is 0 Å². The minimum atomic E-state index is -0.567. The van der Waals surface area contributed by atoms with Gasteiger partial charge >= 0.3 is 5.97 Å². The molecule has 0 saturated carbocycles. The molecular formula is C16H14N2O3. The molecule has 1 amide bonds. The predicted molar refractivity (Wildman–Crippen MR) is 77.2 cm³/mol. The summed E-state index contributed by atoms with van der Waals surface area (Å²) < 4.78 is 4.88. The van der Waals surface area contributed by atoms with Gasteiger partial charge in [0.25, 0.3) is 0 Å². The van der Waals surface area contributed by atoms with Gasteiger partial charge in [0.05, 0.1) is 18.5 Å². The van der Waals surface area contributed by atoms with Gasteiger partial charge in [0.15, 0.2) is 0 Å². The monoisotopic (exact) mass is 282 g/mol. The lowest BCUT2D eigenvalue weighted by atomic mass is 9.95. The summed E-state index contributed by atoms with van der Waals surface area (Å²) in [5, 5.41) is 1.10. The van der Waals surface area contributed by atoms with Gasteiger partial charge < -0.3 is 9.72 Å². The van der Waals surface area contributed by atoms with Crippen molar-refractivity contribution in [2.75, 3.05) is 7.11 Å². The van der Waals surface area contributed by atoms with E-state index >= 15 is 0 Å². The summed E-state index contributed by atoms with van der Waals surface area (Å²) in [4.78, 5) is 29.1. The average molecular weight is 282 g/mol. The van der Waals surface area contributed by atoms with Gasteiger partial charge in [-0.3, -0.25) is 9.69 Å². The normalized spacial score (nSPS) is 20.2. The Morgan fingerprint density at radius 2 is 2.19 bits per heavy atom. The molecule has 1 aromatic carbocycles. The Bertz CT molecular complexity index is 803. The van der Waals surface area contributed by atoms with Crippen molar-refractivity contribution < 1.29 is 14.3 Å². The molecule has 106 valence electrons. The van der Waals surface area contributed by atoms with Crippen molar-refractivity contribution in [3.8, 4) is 0 Å². The Kier molecular flexibility index (Phi) is 2.45. The lowest BCUT2D eigenvalue weighted by Gasteiger charge is -2.32. The number of hydrogen-bond acceptors (Lipinski definition) is 3. The van der Waals surface area contributed by atoms with Crippen molar-refractivity contribution in [3.63, 3.8) is 0 Å². The van der Waals surface area contributed by atoms with Crippen LogP contribution in [0, 0.1) is 0 Å². The van der Waals surface area contributed by atoms with E-state index < -0.39 is 6.04 Å². The standard InChI is InChI=1S/C16H14N2O3/c1-21-16(20)13-8-10-9-4-2-3-5-11(9)17-15(10)12-6-7-14(19)18(12)13/h2-6,13,17H,7-8H2,1H3/t13-/m0/s1. The van der Waals surface area contributed by atoms with Gasteiger partial charge in [0, 0.05) is 23.7 Å². The number of rotatable bonds is 1. The molecule has 0 unspecified atom stereocenters. The van der Waals surface area contributed by atoms with Crippen molar-refractivity contribution in [2.45, 2.75) is 18.9 Å². The summed E-state index contributed by atoms with van der Waals surface area (Å²) in [5.74, 6) is -0.420. The van der Waals surface area contributed by atoms with Crippen LogP contribution in [0.1, 0.15) is 17.7 Å². The molecule has 2 aliphatic heterocycles. The zero-order chi connectivity index (χ0) is 14.6. The number of amides is 1. The Morgan fingerprint density at radius 3 is 3.00 bits per heavy atom. The summed E-state index contributed by atoms with van der Waals surface area (Å²) in [7, 11) is 1.36.